The van der Waals surface area contributed by atoms with E-state index < -0.39 is 0 Å². The van der Waals surface area contributed by atoms with Gasteiger partial charge in [0, 0.05) is 30.2 Å². The lowest BCUT2D eigenvalue weighted by atomic mass is 10.1. The number of fused-ring (bicyclic) bond motifs is 1. The van der Waals surface area contributed by atoms with Crippen LogP contribution in [0.2, 0.25) is 0 Å². The van der Waals surface area contributed by atoms with Crippen LogP contribution in [0.5, 0.6) is 5.75 Å². The Balaban J connectivity index is 1.61. The first kappa shape index (κ1) is 17.7. The molecule has 5 rings (SSSR count). The van der Waals surface area contributed by atoms with Crippen LogP contribution < -0.4 is 15.2 Å². The van der Waals surface area contributed by atoms with Gasteiger partial charge in [-0.2, -0.15) is 0 Å². The normalized spacial score (nSPS) is 14.9. The van der Waals surface area contributed by atoms with Gasteiger partial charge in [-0.1, -0.05) is 0 Å². The molecule has 0 spiro atoms. The molecule has 1 aliphatic carbocycles. The summed E-state index contributed by atoms with van der Waals surface area (Å²) in [6.45, 7) is 2.66. The monoisotopic (exact) mass is 387 g/mol. The van der Waals surface area contributed by atoms with E-state index in [1.54, 1.807) is 17.2 Å². The summed E-state index contributed by atoms with van der Waals surface area (Å²) < 4.78 is 5.62. The number of hydrogen-bond acceptors (Lipinski definition) is 4. The summed E-state index contributed by atoms with van der Waals surface area (Å²) in [6, 6.07) is 13.0. The Hall–Kier alpha value is -3.41. The third kappa shape index (κ3) is 3.42. The molecule has 1 N–H and O–H groups in total. The fraction of sp³-hybridized carbons (Fsp3) is 0.261. The highest BCUT2D eigenvalue weighted by molar-refractivity contribution is 6.02. The number of anilines is 2. The molecule has 2 aromatic heterocycles. The molecular weight excluding hydrogens is 366 g/mol. The minimum atomic E-state index is -0.160. The number of aromatic amines is 1. The summed E-state index contributed by atoms with van der Waals surface area (Å²) in [7, 11) is 0. The lowest BCUT2D eigenvalue weighted by Crippen LogP contribution is -2.28. The van der Waals surface area contributed by atoms with Crippen LogP contribution in [-0.4, -0.2) is 22.5 Å². The van der Waals surface area contributed by atoms with Crippen LogP contribution in [0, 0.1) is 12.8 Å². The molecule has 0 atom stereocenters. The molecule has 1 saturated carbocycles. The molecule has 146 valence electrons. The highest BCUT2D eigenvalue weighted by Gasteiger charge is 2.36. The quantitative estimate of drug-likeness (QED) is 0.740. The number of aryl methyl sites for hydroxylation is 1. The van der Waals surface area contributed by atoms with Crippen molar-refractivity contribution in [1.29, 1.82) is 0 Å². The number of benzene rings is 1. The third-order valence-electron chi connectivity index (χ3n) is 5.34. The maximum atomic E-state index is 13.2. The van der Waals surface area contributed by atoms with Gasteiger partial charge < -0.3 is 9.72 Å². The number of nitrogens with zero attached hydrogens (tertiary/aromatic N) is 2. The number of pyridine rings is 2. The van der Waals surface area contributed by atoms with Crippen LogP contribution >= 0.6 is 0 Å². The predicted octanol–water partition coefficient (Wildman–Crippen LogP) is 3.75. The van der Waals surface area contributed by atoms with E-state index in [1.807, 2.05) is 37.3 Å². The van der Waals surface area contributed by atoms with Crippen molar-refractivity contribution in [3.8, 4) is 17.0 Å². The summed E-state index contributed by atoms with van der Waals surface area (Å²) in [5.74, 6) is 1.62. The number of H-pyrrole nitrogens is 1. The first-order valence-corrected chi connectivity index (χ1v) is 9.86. The largest absolute Gasteiger partial charge is 0.493 e. The molecule has 3 heterocycles. The number of aromatic nitrogens is 2. The number of hydrogen-bond donors (Lipinski definition) is 1. The van der Waals surface area contributed by atoms with Gasteiger partial charge in [-0.3, -0.25) is 14.5 Å². The van der Waals surface area contributed by atoms with Crippen molar-refractivity contribution in [3.05, 3.63) is 70.1 Å². The van der Waals surface area contributed by atoms with E-state index in [2.05, 4.69) is 4.98 Å². The fourth-order valence-corrected chi connectivity index (χ4v) is 3.68. The number of amides is 1. The second-order valence-electron chi connectivity index (χ2n) is 7.67. The molecule has 6 nitrogen and oxygen atoms in total. The molecule has 1 aliphatic heterocycles. The van der Waals surface area contributed by atoms with Crippen molar-refractivity contribution < 1.29 is 9.53 Å². The first-order chi connectivity index (χ1) is 14.1. The van der Waals surface area contributed by atoms with E-state index in [1.165, 1.54) is 6.07 Å². The van der Waals surface area contributed by atoms with Gasteiger partial charge in [0.05, 0.1) is 18.0 Å². The maximum absolute atomic E-state index is 13.2. The van der Waals surface area contributed by atoms with Crippen LogP contribution in [0.4, 0.5) is 11.5 Å². The zero-order valence-corrected chi connectivity index (χ0v) is 16.1. The topological polar surface area (TPSA) is 75.3 Å². The van der Waals surface area contributed by atoms with Gasteiger partial charge in [-0.15, -0.1) is 0 Å². The third-order valence-corrected chi connectivity index (χ3v) is 5.34. The number of carbonyl (C=O) groups excluding carboxylic acids is 1. The minimum absolute atomic E-state index is 0.0540. The van der Waals surface area contributed by atoms with Crippen molar-refractivity contribution in [2.75, 3.05) is 11.5 Å². The molecule has 29 heavy (non-hydrogen) atoms. The van der Waals surface area contributed by atoms with E-state index in [9.17, 15) is 9.59 Å². The fourth-order valence-electron chi connectivity index (χ4n) is 3.68. The molecule has 0 radical (unpaired) electrons. The highest BCUT2D eigenvalue weighted by atomic mass is 16.5. The molecule has 6 heteroatoms. The molecule has 0 saturated heterocycles. The lowest BCUT2D eigenvalue weighted by molar-refractivity contribution is -0.119. The van der Waals surface area contributed by atoms with Crippen LogP contribution in [-0.2, 0) is 11.2 Å². The Morgan fingerprint density at radius 1 is 1.17 bits per heavy atom. The zero-order chi connectivity index (χ0) is 20.0. The van der Waals surface area contributed by atoms with E-state index in [0.29, 0.717) is 18.1 Å². The van der Waals surface area contributed by atoms with Crippen LogP contribution in [0.1, 0.15) is 24.0 Å². The van der Waals surface area contributed by atoms with Gasteiger partial charge in [-0.25, -0.2) is 4.98 Å². The SMILES string of the molecule is Cc1cc(-c2ccc(=O)[nH]c2)nc(N(C(=O)C2CC2)c2ccc3c(c2)CCO3)c1. The Bertz CT molecular complexity index is 1140. The first-order valence-electron chi connectivity index (χ1n) is 9.86. The molecular formula is C23H21N3O3. The molecule has 2 aliphatic rings. The molecule has 0 bridgehead atoms. The zero-order valence-electron chi connectivity index (χ0n) is 16.1. The van der Waals surface area contributed by atoms with Gasteiger partial charge in [0.1, 0.15) is 11.6 Å². The van der Waals surface area contributed by atoms with Crippen LogP contribution in [0.3, 0.4) is 0 Å². The highest BCUT2D eigenvalue weighted by Crippen LogP contribution is 2.38. The standard InChI is InChI=1S/C23H21N3O3/c1-14-10-19(17-4-7-22(27)24-13-17)25-21(11-14)26(23(28)15-2-3-15)18-5-6-20-16(12-18)8-9-29-20/h4-7,10-13,15H,2-3,8-9H2,1H3,(H,24,27). The number of ether oxygens (including phenoxy) is 1. The van der Waals surface area contributed by atoms with Gasteiger partial charge in [0.15, 0.2) is 0 Å². The lowest BCUT2D eigenvalue weighted by Gasteiger charge is -2.23. The molecule has 0 unspecified atom stereocenters. The van der Waals surface area contributed by atoms with Crippen molar-refractivity contribution in [2.45, 2.75) is 26.2 Å². The maximum Gasteiger partial charge on any atom is 0.247 e. The number of nitrogens with one attached hydrogen (secondary N) is 1. The van der Waals surface area contributed by atoms with Crippen molar-refractivity contribution in [2.24, 2.45) is 5.92 Å². The molecule has 1 aromatic carbocycles. The smallest absolute Gasteiger partial charge is 0.247 e. The van der Waals surface area contributed by atoms with E-state index in [4.69, 9.17) is 9.72 Å². The number of rotatable bonds is 4. The van der Waals surface area contributed by atoms with E-state index in [-0.39, 0.29) is 17.4 Å². The summed E-state index contributed by atoms with van der Waals surface area (Å²) >= 11 is 0. The molecule has 3 aromatic rings. The van der Waals surface area contributed by atoms with Gasteiger partial charge in [-0.05, 0) is 67.3 Å². The predicted molar refractivity (Wildman–Crippen MR) is 111 cm³/mol. The Morgan fingerprint density at radius 3 is 2.79 bits per heavy atom. The Kier molecular flexibility index (Phi) is 4.19. The number of carbonyl (C=O) groups is 1. The Labute approximate surface area is 168 Å². The summed E-state index contributed by atoms with van der Waals surface area (Å²) in [4.78, 5) is 33.8. The molecule has 1 fully saturated rings. The van der Waals surface area contributed by atoms with Crippen LogP contribution in [0.25, 0.3) is 11.3 Å². The van der Waals surface area contributed by atoms with E-state index in [0.717, 1.165) is 47.4 Å². The second kappa shape index (κ2) is 6.88. The summed E-state index contributed by atoms with van der Waals surface area (Å²) in [5.41, 5.74) is 4.29. The van der Waals surface area contributed by atoms with Crippen LogP contribution in [0.15, 0.2) is 53.5 Å². The van der Waals surface area contributed by atoms with Gasteiger partial charge in [0.25, 0.3) is 0 Å². The van der Waals surface area contributed by atoms with Crippen molar-refractivity contribution in [3.63, 3.8) is 0 Å². The van der Waals surface area contributed by atoms with Gasteiger partial charge in [0.2, 0.25) is 11.5 Å². The van der Waals surface area contributed by atoms with Crippen molar-refractivity contribution >= 4 is 17.4 Å². The summed E-state index contributed by atoms with van der Waals surface area (Å²) in [5, 5.41) is 0. The van der Waals surface area contributed by atoms with Gasteiger partial charge >= 0.3 is 0 Å². The minimum Gasteiger partial charge on any atom is -0.493 e. The summed E-state index contributed by atoms with van der Waals surface area (Å²) in [6.07, 6.45) is 4.33. The average molecular weight is 387 g/mol. The average Bonchev–Trinajstić information content (AvgIpc) is 3.46. The second-order valence-corrected chi connectivity index (χ2v) is 7.67. The molecule has 1 amide bonds. The Morgan fingerprint density at radius 2 is 2.03 bits per heavy atom. The van der Waals surface area contributed by atoms with E-state index >= 15 is 0 Å². The van der Waals surface area contributed by atoms with Crippen molar-refractivity contribution in [1.82, 2.24) is 9.97 Å².